The third kappa shape index (κ3) is 5.98. The Morgan fingerprint density at radius 2 is 1.83 bits per heavy atom. The van der Waals surface area contributed by atoms with E-state index in [0.717, 1.165) is 32.7 Å². The predicted molar refractivity (Wildman–Crippen MR) is 98.0 cm³/mol. The lowest BCUT2D eigenvalue weighted by Crippen LogP contribution is -2.50. The number of rotatable bonds is 8. The highest BCUT2D eigenvalue weighted by molar-refractivity contribution is 6.37. The number of para-hydroxylation sites is 1. The van der Waals surface area contributed by atoms with Gasteiger partial charge in [0.1, 0.15) is 6.61 Å². The summed E-state index contributed by atoms with van der Waals surface area (Å²) in [5.41, 5.74) is 0. The molecule has 1 fully saturated rings. The van der Waals surface area contributed by atoms with Crippen molar-refractivity contribution in [3.05, 3.63) is 40.9 Å². The number of nitrogens with one attached hydrogen (secondary N) is 1. The van der Waals surface area contributed by atoms with Crippen molar-refractivity contribution in [3.63, 3.8) is 0 Å². The molecule has 1 aromatic rings. The molecule has 24 heavy (non-hydrogen) atoms. The van der Waals surface area contributed by atoms with Gasteiger partial charge in [0.15, 0.2) is 5.75 Å². The molecule has 1 aliphatic heterocycles. The van der Waals surface area contributed by atoms with Gasteiger partial charge in [0.25, 0.3) is 0 Å². The second kappa shape index (κ2) is 9.89. The molecule has 2 rings (SSSR count). The van der Waals surface area contributed by atoms with Crippen molar-refractivity contribution >= 4 is 29.1 Å². The first kappa shape index (κ1) is 19.1. The maximum atomic E-state index is 11.7. The Balaban J connectivity index is 1.66. The minimum atomic E-state index is 0.0417. The maximum Gasteiger partial charge on any atom is 0.234 e. The zero-order valence-corrected chi connectivity index (χ0v) is 15.2. The monoisotopic (exact) mass is 371 g/mol. The number of carbonyl (C=O) groups is 1. The Hall–Kier alpha value is -1.27. The molecule has 1 heterocycles. The number of nitrogens with zero attached hydrogens (tertiary/aromatic N) is 2. The topological polar surface area (TPSA) is 44.8 Å². The van der Waals surface area contributed by atoms with Crippen LogP contribution in [0.5, 0.6) is 5.75 Å². The van der Waals surface area contributed by atoms with Crippen molar-refractivity contribution in [1.82, 2.24) is 15.1 Å². The van der Waals surface area contributed by atoms with Crippen molar-refractivity contribution in [2.45, 2.75) is 0 Å². The second-order valence-corrected chi connectivity index (χ2v) is 6.42. The second-order valence-electron chi connectivity index (χ2n) is 5.61. The van der Waals surface area contributed by atoms with Gasteiger partial charge in [-0.05, 0) is 12.1 Å². The lowest BCUT2D eigenvalue weighted by molar-refractivity contribution is -0.122. The van der Waals surface area contributed by atoms with Crippen molar-refractivity contribution in [2.75, 3.05) is 52.4 Å². The molecule has 0 aliphatic carbocycles. The van der Waals surface area contributed by atoms with Crippen LogP contribution in [0.4, 0.5) is 0 Å². The first-order chi connectivity index (χ1) is 11.6. The number of ether oxygens (including phenoxy) is 1. The molecule has 1 N–H and O–H groups in total. The molecule has 0 saturated carbocycles. The average Bonchev–Trinajstić information content (AvgIpc) is 2.57. The van der Waals surface area contributed by atoms with E-state index in [1.54, 1.807) is 24.3 Å². The van der Waals surface area contributed by atoms with E-state index in [0.29, 0.717) is 35.5 Å². The van der Waals surface area contributed by atoms with Gasteiger partial charge in [-0.25, -0.2) is 0 Å². The third-order valence-corrected chi connectivity index (χ3v) is 4.44. The minimum Gasteiger partial charge on any atom is -0.489 e. The molecule has 1 aromatic carbocycles. The Morgan fingerprint density at radius 1 is 1.21 bits per heavy atom. The van der Waals surface area contributed by atoms with Gasteiger partial charge in [0.2, 0.25) is 5.91 Å². The van der Waals surface area contributed by atoms with Gasteiger partial charge in [0.05, 0.1) is 16.6 Å². The molecule has 0 atom stereocenters. The summed E-state index contributed by atoms with van der Waals surface area (Å²) in [6.07, 6.45) is 1.68. The zero-order valence-electron chi connectivity index (χ0n) is 13.6. The maximum absolute atomic E-state index is 11.7. The van der Waals surface area contributed by atoms with Crippen LogP contribution in [0.25, 0.3) is 0 Å². The molecule has 1 amide bonds. The molecule has 132 valence electrons. The Labute approximate surface area is 153 Å². The van der Waals surface area contributed by atoms with Crippen LogP contribution in [-0.4, -0.2) is 68.1 Å². The number of hydrogen-bond acceptors (Lipinski definition) is 4. The highest BCUT2D eigenvalue weighted by Crippen LogP contribution is 2.32. The summed E-state index contributed by atoms with van der Waals surface area (Å²) in [6.45, 7) is 9.44. The minimum absolute atomic E-state index is 0.0417. The van der Waals surface area contributed by atoms with E-state index < -0.39 is 0 Å². The number of carbonyl (C=O) groups excluding carboxylic acids is 1. The summed E-state index contributed by atoms with van der Waals surface area (Å²) in [7, 11) is 0. The van der Waals surface area contributed by atoms with Crippen molar-refractivity contribution in [1.29, 1.82) is 0 Å². The Kier molecular flexibility index (Phi) is 7.85. The molecular weight excluding hydrogens is 349 g/mol. The van der Waals surface area contributed by atoms with E-state index in [1.165, 1.54) is 0 Å². The zero-order chi connectivity index (χ0) is 17.4. The lowest BCUT2D eigenvalue weighted by Gasteiger charge is -2.34. The Bertz CT molecular complexity index is 541. The van der Waals surface area contributed by atoms with E-state index in [2.05, 4.69) is 21.7 Å². The van der Waals surface area contributed by atoms with Gasteiger partial charge in [-0.2, -0.15) is 0 Å². The van der Waals surface area contributed by atoms with E-state index >= 15 is 0 Å². The molecule has 0 bridgehead atoms. The van der Waals surface area contributed by atoms with E-state index in [1.807, 2.05) is 0 Å². The van der Waals surface area contributed by atoms with Crippen LogP contribution in [0.15, 0.2) is 30.9 Å². The quantitative estimate of drug-likeness (QED) is 0.712. The molecule has 1 saturated heterocycles. The van der Waals surface area contributed by atoms with Crippen LogP contribution in [0.2, 0.25) is 10.0 Å². The Morgan fingerprint density at radius 3 is 2.46 bits per heavy atom. The predicted octanol–water partition coefficient (Wildman–Crippen LogP) is 2.29. The third-order valence-electron chi connectivity index (χ3n) is 3.85. The summed E-state index contributed by atoms with van der Waals surface area (Å²) in [5.74, 6) is 0.582. The number of amides is 1. The van der Waals surface area contributed by atoms with Crippen LogP contribution in [0.3, 0.4) is 0 Å². The summed E-state index contributed by atoms with van der Waals surface area (Å²) in [4.78, 5) is 16.1. The molecule has 0 unspecified atom stereocenters. The average molecular weight is 372 g/mol. The van der Waals surface area contributed by atoms with Gasteiger partial charge in [-0.3, -0.25) is 14.6 Å². The highest BCUT2D eigenvalue weighted by Gasteiger charge is 2.18. The van der Waals surface area contributed by atoms with Gasteiger partial charge in [0, 0.05) is 39.3 Å². The first-order valence-corrected chi connectivity index (χ1v) is 8.75. The SMILES string of the molecule is C=CCNC(=O)CN1CCN(CCOc2c(Cl)cccc2Cl)CC1. The van der Waals surface area contributed by atoms with Crippen LogP contribution in [-0.2, 0) is 4.79 Å². The van der Waals surface area contributed by atoms with Crippen molar-refractivity contribution < 1.29 is 9.53 Å². The largest absolute Gasteiger partial charge is 0.489 e. The van der Waals surface area contributed by atoms with Gasteiger partial charge >= 0.3 is 0 Å². The van der Waals surface area contributed by atoms with Crippen LogP contribution in [0.1, 0.15) is 0 Å². The van der Waals surface area contributed by atoms with E-state index in [4.69, 9.17) is 27.9 Å². The smallest absolute Gasteiger partial charge is 0.234 e. The molecule has 0 aromatic heterocycles. The number of benzene rings is 1. The number of hydrogen-bond donors (Lipinski definition) is 1. The van der Waals surface area contributed by atoms with Crippen molar-refractivity contribution in [2.24, 2.45) is 0 Å². The normalized spacial score (nSPS) is 15.9. The van der Waals surface area contributed by atoms with Crippen molar-refractivity contribution in [3.8, 4) is 5.75 Å². The van der Waals surface area contributed by atoms with Gasteiger partial charge < -0.3 is 10.1 Å². The summed E-state index contributed by atoms with van der Waals surface area (Å²) >= 11 is 12.2. The fraction of sp³-hybridized carbons (Fsp3) is 0.471. The number of halogens is 2. The van der Waals surface area contributed by atoms with E-state index in [9.17, 15) is 4.79 Å². The molecule has 0 spiro atoms. The fourth-order valence-electron chi connectivity index (χ4n) is 2.51. The number of piperazine rings is 1. The van der Waals surface area contributed by atoms with Crippen LogP contribution in [0, 0.1) is 0 Å². The van der Waals surface area contributed by atoms with Gasteiger partial charge in [-0.15, -0.1) is 6.58 Å². The highest BCUT2D eigenvalue weighted by atomic mass is 35.5. The first-order valence-electron chi connectivity index (χ1n) is 7.99. The summed E-state index contributed by atoms with van der Waals surface area (Å²) in [5, 5.41) is 3.85. The van der Waals surface area contributed by atoms with Crippen LogP contribution >= 0.6 is 23.2 Å². The molecule has 5 nitrogen and oxygen atoms in total. The summed E-state index contributed by atoms with van der Waals surface area (Å²) in [6, 6.07) is 5.32. The molecule has 0 radical (unpaired) electrons. The molecule has 7 heteroatoms. The molecule has 1 aliphatic rings. The van der Waals surface area contributed by atoms with Crippen LogP contribution < -0.4 is 10.1 Å². The summed E-state index contributed by atoms with van der Waals surface area (Å²) < 4.78 is 5.71. The lowest BCUT2D eigenvalue weighted by atomic mass is 10.3. The molecular formula is C17H23Cl2N3O2. The standard InChI is InChI=1S/C17H23Cl2N3O2/c1-2-6-20-16(23)13-22-9-7-21(8-10-22)11-12-24-17-14(18)4-3-5-15(17)19/h2-5H,1,6-13H2,(H,20,23). The van der Waals surface area contributed by atoms with Gasteiger partial charge in [-0.1, -0.05) is 35.3 Å². The fourth-order valence-corrected chi connectivity index (χ4v) is 3.02. The van der Waals surface area contributed by atoms with E-state index in [-0.39, 0.29) is 5.91 Å².